The van der Waals surface area contributed by atoms with Crippen molar-refractivity contribution in [1.29, 1.82) is 0 Å². The van der Waals surface area contributed by atoms with E-state index in [1.54, 1.807) is 6.07 Å². The molecular weight excluding hydrogens is 463 g/mol. The molecule has 0 saturated heterocycles. The van der Waals surface area contributed by atoms with Gasteiger partial charge in [-0.25, -0.2) is 0 Å². The first-order chi connectivity index (χ1) is 15.6. The summed E-state index contributed by atoms with van der Waals surface area (Å²) in [6, 6.07) is 19.3. The molecule has 4 nitrogen and oxygen atoms in total. The second-order valence-corrected chi connectivity index (χ2v) is 9.35. The molecule has 7 heteroatoms. The van der Waals surface area contributed by atoms with Crippen LogP contribution in [-0.4, -0.2) is 19.6 Å². The van der Waals surface area contributed by atoms with E-state index in [9.17, 15) is 4.79 Å². The molecule has 0 radical (unpaired) electrons. The van der Waals surface area contributed by atoms with Gasteiger partial charge in [-0.3, -0.25) is 4.79 Å². The summed E-state index contributed by atoms with van der Waals surface area (Å²) in [5.74, 6) is 0.715. The normalized spacial score (nSPS) is 15.2. The lowest BCUT2D eigenvalue weighted by molar-refractivity contribution is 0.0929. The SMILES string of the molecule is CNc1c(C(=O)N[C@H]2CCOc3ccccc32)sc2c(-c3cccc(Cl)c3Cl)cccc12. The van der Waals surface area contributed by atoms with Crippen LogP contribution in [0.25, 0.3) is 21.2 Å². The number of carbonyl (C=O) groups is 1. The Labute approximate surface area is 200 Å². The highest BCUT2D eigenvalue weighted by atomic mass is 35.5. The van der Waals surface area contributed by atoms with E-state index in [-0.39, 0.29) is 11.9 Å². The zero-order valence-electron chi connectivity index (χ0n) is 17.2. The molecule has 0 aliphatic carbocycles. The highest BCUT2D eigenvalue weighted by Gasteiger charge is 2.26. The fraction of sp³-hybridized carbons (Fsp3) is 0.160. The van der Waals surface area contributed by atoms with E-state index in [1.165, 1.54) is 11.3 Å². The van der Waals surface area contributed by atoms with Gasteiger partial charge in [-0.05, 0) is 12.1 Å². The van der Waals surface area contributed by atoms with Crippen LogP contribution in [0, 0.1) is 0 Å². The van der Waals surface area contributed by atoms with E-state index < -0.39 is 0 Å². The fourth-order valence-corrected chi connectivity index (χ4v) is 5.81. The Kier molecular flexibility index (Phi) is 5.72. The van der Waals surface area contributed by atoms with Crippen LogP contribution in [0.15, 0.2) is 60.7 Å². The molecule has 0 fully saturated rings. The Bertz CT molecular complexity index is 1340. The standard InChI is InChI=1S/C25H20Cl2N2O2S/c1-28-22-17-9-4-8-15(14-7-5-10-18(26)21(14)27)23(17)32-24(22)25(30)29-19-12-13-31-20-11-3-2-6-16(19)20/h2-11,19,28H,12-13H2,1H3,(H,29,30)/t19-/m0/s1. The summed E-state index contributed by atoms with van der Waals surface area (Å²) >= 11 is 14.2. The molecule has 3 aromatic carbocycles. The summed E-state index contributed by atoms with van der Waals surface area (Å²) in [5, 5.41) is 8.42. The number of thiophene rings is 1. The molecule has 5 rings (SSSR count). The number of para-hydroxylation sites is 1. The lowest BCUT2D eigenvalue weighted by atomic mass is 10.0. The van der Waals surface area contributed by atoms with Crippen molar-refractivity contribution in [3.63, 3.8) is 0 Å². The predicted octanol–water partition coefficient (Wildman–Crippen LogP) is 7.17. The molecule has 2 heterocycles. The van der Waals surface area contributed by atoms with Crippen molar-refractivity contribution in [3.8, 4) is 16.9 Å². The quantitative estimate of drug-likeness (QED) is 0.324. The number of hydrogen-bond acceptors (Lipinski definition) is 4. The maximum Gasteiger partial charge on any atom is 0.264 e. The second-order valence-electron chi connectivity index (χ2n) is 7.54. The molecule has 162 valence electrons. The molecular formula is C25H20Cl2N2O2S. The molecule has 4 aromatic rings. The van der Waals surface area contributed by atoms with E-state index in [4.69, 9.17) is 27.9 Å². The molecule has 0 bridgehead atoms. The van der Waals surface area contributed by atoms with Gasteiger partial charge in [0.1, 0.15) is 10.6 Å². The van der Waals surface area contributed by atoms with Gasteiger partial charge in [0.05, 0.1) is 28.4 Å². The summed E-state index contributed by atoms with van der Waals surface area (Å²) in [6.45, 7) is 0.574. The van der Waals surface area contributed by atoms with Gasteiger partial charge in [-0.1, -0.05) is 71.7 Å². The van der Waals surface area contributed by atoms with Gasteiger partial charge < -0.3 is 15.4 Å². The minimum Gasteiger partial charge on any atom is -0.493 e. The van der Waals surface area contributed by atoms with Crippen LogP contribution in [0.1, 0.15) is 27.7 Å². The first kappa shape index (κ1) is 21.1. The van der Waals surface area contributed by atoms with Crippen molar-refractivity contribution < 1.29 is 9.53 Å². The van der Waals surface area contributed by atoms with Gasteiger partial charge >= 0.3 is 0 Å². The van der Waals surface area contributed by atoms with Gasteiger partial charge in [0, 0.05) is 40.2 Å². The Hall–Kier alpha value is -2.73. The zero-order valence-corrected chi connectivity index (χ0v) is 19.6. The molecule has 0 saturated carbocycles. The number of carbonyl (C=O) groups excluding carboxylic acids is 1. The number of amides is 1. The first-order valence-electron chi connectivity index (χ1n) is 10.3. The summed E-state index contributed by atoms with van der Waals surface area (Å²) in [7, 11) is 1.83. The minimum atomic E-state index is -0.111. The van der Waals surface area contributed by atoms with Crippen molar-refractivity contribution in [2.45, 2.75) is 12.5 Å². The third-order valence-electron chi connectivity index (χ3n) is 5.68. The molecule has 1 amide bonds. The van der Waals surface area contributed by atoms with Crippen LogP contribution >= 0.6 is 34.5 Å². The van der Waals surface area contributed by atoms with Crippen molar-refractivity contribution >= 4 is 56.2 Å². The topological polar surface area (TPSA) is 50.4 Å². The van der Waals surface area contributed by atoms with E-state index in [0.717, 1.165) is 44.6 Å². The van der Waals surface area contributed by atoms with Gasteiger partial charge in [-0.15, -0.1) is 11.3 Å². The first-order valence-corrected chi connectivity index (χ1v) is 11.9. The van der Waals surface area contributed by atoms with Crippen LogP contribution in [0.2, 0.25) is 10.0 Å². The predicted molar refractivity (Wildman–Crippen MR) is 134 cm³/mol. The highest BCUT2D eigenvalue weighted by Crippen LogP contribution is 2.44. The largest absolute Gasteiger partial charge is 0.493 e. The lowest BCUT2D eigenvalue weighted by Gasteiger charge is -2.26. The van der Waals surface area contributed by atoms with Gasteiger partial charge in [-0.2, -0.15) is 0 Å². The van der Waals surface area contributed by atoms with Gasteiger partial charge in [0.25, 0.3) is 5.91 Å². The number of benzene rings is 3. The molecule has 1 aromatic heterocycles. The van der Waals surface area contributed by atoms with Crippen LogP contribution in [0.3, 0.4) is 0 Å². The maximum atomic E-state index is 13.4. The molecule has 32 heavy (non-hydrogen) atoms. The van der Waals surface area contributed by atoms with Crippen molar-refractivity contribution in [3.05, 3.63) is 81.1 Å². The second kappa shape index (κ2) is 8.66. The summed E-state index contributed by atoms with van der Waals surface area (Å²) in [4.78, 5) is 14.0. The number of ether oxygens (including phenoxy) is 1. The van der Waals surface area contributed by atoms with E-state index >= 15 is 0 Å². The number of nitrogens with one attached hydrogen (secondary N) is 2. The number of halogens is 2. The number of rotatable bonds is 4. The van der Waals surface area contributed by atoms with E-state index in [0.29, 0.717) is 21.5 Å². The van der Waals surface area contributed by atoms with Crippen LogP contribution in [-0.2, 0) is 0 Å². The Morgan fingerprint density at radius 2 is 1.81 bits per heavy atom. The van der Waals surface area contributed by atoms with Gasteiger partial charge in [0.15, 0.2) is 0 Å². The maximum absolute atomic E-state index is 13.4. The molecule has 0 unspecified atom stereocenters. The minimum absolute atomic E-state index is 0.0933. The Balaban J connectivity index is 1.57. The molecule has 0 spiro atoms. The number of hydrogen-bond donors (Lipinski definition) is 2. The summed E-state index contributed by atoms with van der Waals surface area (Å²) in [6.07, 6.45) is 0.728. The highest BCUT2D eigenvalue weighted by molar-refractivity contribution is 7.22. The smallest absolute Gasteiger partial charge is 0.264 e. The Morgan fingerprint density at radius 3 is 2.66 bits per heavy atom. The van der Waals surface area contributed by atoms with Crippen molar-refractivity contribution in [1.82, 2.24) is 5.32 Å². The van der Waals surface area contributed by atoms with Crippen LogP contribution in [0.4, 0.5) is 5.69 Å². The summed E-state index contributed by atoms with van der Waals surface area (Å²) in [5.41, 5.74) is 3.61. The molecule has 1 aliphatic heterocycles. The number of anilines is 1. The third kappa shape index (κ3) is 3.60. The fourth-order valence-electron chi connectivity index (χ4n) is 4.17. The van der Waals surface area contributed by atoms with Gasteiger partial charge in [0.2, 0.25) is 0 Å². The van der Waals surface area contributed by atoms with Crippen LogP contribution in [0.5, 0.6) is 5.75 Å². The van der Waals surface area contributed by atoms with E-state index in [2.05, 4.69) is 10.6 Å². The van der Waals surface area contributed by atoms with Crippen molar-refractivity contribution in [2.24, 2.45) is 0 Å². The monoisotopic (exact) mass is 482 g/mol. The van der Waals surface area contributed by atoms with Crippen LogP contribution < -0.4 is 15.4 Å². The third-order valence-corrected chi connectivity index (χ3v) is 7.73. The van der Waals surface area contributed by atoms with E-state index in [1.807, 2.05) is 61.6 Å². The average molecular weight is 483 g/mol. The molecule has 1 aliphatic rings. The summed E-state index contributed by atoms with van der Waals surface area (Å²) < 4.78 is 6.72. The Morgan fingerprint density at radius 1 is 1.03 bits per heavy atom. The molecule has 1 atom stereocenters. The lowest BCUT2D eigenvalue weighted by Crippen LogP contribution is -2.32. The number of fused-ring (bicyclic) bond motifs is 2. The molecule has 2 N–H and O–H groups in total. The average Bonchev–Trinajstić information content (AvgIpc) is 3.20. The zero-order chi connectivity index (χ0) is 22.2. The van der Waals surface area contributed by atoms with Crippen molar-refractivity contribution in [2.75, 3.05) is 19.0 Å².